The maximum Gasteiger partial charge on any atom is 0.242 e. The lowest BCUT2D eigenvalue weighted by Gasteiger charge is -2.17. The number of benzene rings is 2. The second-order valence-electron chi connectivity index (χ2n) is 6.00. The first-order valence-corrected chi connectivity index (χ1v) is 10.1. The summed E-state index contributed by atoms with van der Waals surface area (Å²) in [6.45, 7) is 2.84. The number of fused-ring (bicyclic) bond motifs is 1. The van der Waals surface area contributed by atoms with Crippen molar-refractivity contribution in [2.45, 2.75) is 19.1 Å². The lowest BCUT2D eigenvalue weighted by molar-refractivity contribution is -0.116. The molecule has 2 aromatic carbocycles. The molecular weight excluding hydrogens is 338 g/mol. The van der Waals surface area contributed by atoms with E-state index in [1.807, 2.05) is 31.2 Å². The van der Waals surface area contributed by atoms with Gasteiger partial charge in [-0.25, -0.2) is 8.42 Å². The number of ether oxygens (including phenoxy) is 1. The van der Waals surface area contributed by atoms with Crippen molar-refractivity contribution < 1.29 is 17.9 Å². The van der Waals surface area contributed by atoms with Crippen LogP contribution in [0.5, 0.6) is 5.75 Å². The summed E-state index contributed by atoms with van der Waals surface area (Å²) in [6, 6.07) is 14.6. The van der Waals surface area contributed by atoms with Crippen molar-refractivity contribution in [3.05, 3.63) is 59.7 Å². The summed E-state index contributed by atoms with van der Waals surface area (Å²) in [7, 11) is -3.59. The number of para-hydroxylation sites is 2. The number of carbonyl (C=O) groups is 1. The molecule has 0 spiro atoms. The van der Waals surface area contributed by atoms with Gasteiger partial charge in [-0.05, 0) is 31.0 Å². The molecule has 25 heavy (non-hydrogen) atoms. The number of hydrogen-bond donors (Lipinski definition) is 0. The first-order chi connectivity index (χ1) is 12.0. The van der Waals surface area contributed by atoms with Crippen molar-refractivity contribution in [1.82, 2.24) is 0 Å². The van der Waals surface area contributed by atoms with Crippen molar-refractivity contribution >= 4 is 21.4 Å². The third kappa shape index (κ3) is 4.02. The van der Waals surface area contributed by atoms with Crippen LogP contribution in [0.4, 0.5) is 5.69 Å². The second kappa shape index (κ2) is 7.27. The number of sulfone groups is 1. The summed E-state index contributed by atoms with van der Waals surface area (Å²) in [6.07, 6.45) is 0.759. The van der Waals surface area contributed by atoms with E-state index in [2.05, 4.69) is 0 Å². The lowest BCUT2D eigenvalue weighted by atomic mass is 10.2. The summed E-state index contributed by atoms with van der Waals surface area (Å²) in [4.78, 5) is 14.1. The normalized spacial score (nSPS) is 13.6. The number of hydrogen-bond acceptors (Lipinski definition) is 4. The molecule has 1 aliphatic rings. The van der Waals surface area contributed by atoms with E-state index in [4.69, 9.17) is 4.74 Å². The van der Waals surface area contributed by atoms with Gasteiger partial charge in [-0.15, -0.1) is 0 Å². The molecule has 0 fully saturated rings. The maximum atomic E-state index is 12.5. The van der Waals surface area contributed by atoms with Crippen LogP contribution >= 0.6 is 0 Å². The maximum absolute atomic E-state index is 12.5. The molecule has 5 nitrogen and oxygen atoms in total. The topological polar surface area (TPSA) is 63.7 Å². The largest absolute Gasteiger partial charge is 0.494 e. The summed E-state index contributed by atoms with van der Waals surface area (Å²) < 4.78 is 30.5. The van der Waals surface area contributed by atoms with E-state index in [0.29, 0.717) is 24.5 Å². The summed E-state index contributed by atoms with van der Waals surface area (Å²) in [5.41, 5.74) is 2.48. The third-order valence-electron chi connectivity index (χ3n) is 4.18. The second-order valence-corrected chi connectivity index (χ2v) is 8.06. The third-order valence-corrected chi connectivity index (χ3v) is 5.62. The number of anilines is 1. The van der Waals surface area contributed by atoms with Gasteiger partial charge in [-0.1, -0.05) is 36.4 Å². The van der Waals surface area contributed by atoms with Gasteiger partial charge in [0.05, 0.1) is 12.4 Å². The van der Waals surface area contributed by atoms with Gasteiger partial charge in [0.1, 0.15) is 11.5 Å². The molecule has 1 heterocycles. The standard InChI is InChI=1S/C19H21NO4S/c1-2-24-18-10-6-4-8-16(18)13-25(22,23)14-19(21)20-12-11-15-7-3-5-9-17(15)20/h3-10H,2,11-14H2,1H3. The van der Waals surface area contributed by atoms with E-state index in [1.165, 1.54) is 0 Å². The fourth-order valence-electron chi connectivity index (χ4n) is 3.07. The molecule has 0 aliphatic carbocycles. The van der Waals surface area contributed by atoms with Crippen LogP contribution in [-0.2, 0) is 26.8 Å². The quantitative estimate of drug-likeness (QED) is 0.795. The van der Waals surface area contributed by atoms with Crippen LogP contribution in [0.2, 0.25) is 0 Å². The van der Waals surface area contributed by atoms with Gasteiger partial charge in [0, 0.05) is 17.8 Å². The Hall–Kier alpha value is -2.34. The van der Waals surface area contributed by atoms with Crippen LogP contribution in [0.1, 0.15) is 18.1 Å². The predicted molar refractivity (Wildman–Crippen MR) is 97.6 cm³/mol. The minimum absolute atomic E-state index is 0.204. The van der Waals surface area contributed by atoms with Crippen LogP contribution in [0.25, 0.3) is 0 Å². The summed E-state index contributed by atoms with van der Waals surface area (Å²) in [5.74, 6) is -0.530. The zero-order chi connectivity index (χ0) is 17.9. The molecule has 0 radical (unpaired) electrons. The molecule has 0 unspecified atom stereocenters. The van der Waals surface area contributed by atoms with E-state index in [1.54, 1.807) is 29.2 Å². The summed E-state index contributed by atoms with van der Waals surface area (Å²) >= 11 is 0. The highest BCUT2D eigenvalue weighted by atomic mass is 32.2. The highest BCUT2D eigenvalue weighted by molar-refractivity contribution is 7.91. The molecule has 132 valence electrons. The Morgan fingerprint density at radius 1 is 1.12 bits per heavy atom. The van der Waals surface area contributed by atoms with E-state index in [-0.39, 0.29) is 11.7 Å². The Bertz CT molecular complexity index is 876. The Labute approximate surface area is 148 Å². The first-order valence-electron chi connectivity index (χ1n) is 8.29. The molecule has 0 saturated carbocycles. The van der Waals surface area contributed by atoms with Gasteiger partial charge in [0.25, 0.3) is 0 Å². The summed E-state index contributed by atoms with van der Waals surface area (Å²) in [5, 5.41) is 0. The van der Waals surface area contributed by atoms with E-state index >= 15 is 0 Å². The lowest BCUT2D eigenvalue weighted by Crippen LogP contribution is -2.34. The highest BCUT2D eigenvalue weighted by Gasteiger charge is 2.28. The average molecular weight is 359 g/mol. The molecule has 0 atom stereocenters. The molecule has 0 N–H and O–H groups in total. The monoisotopic (exact) mass is 359 g/mol. The number of nitrogens with zero attached hydrogens (tertiary/aromatic N) is 1. The molecule has 0 aromatic heterocycles. The van der Waals surface area contributed by atoms with E-state index < -0.39 is 15.6 Å². The Balaban J connectivity index is 1.73. The molecule has 1 aliphatic heterocycles. The number of amides is 1. The molecule has 2 aromatic rings. The van der Waals surface area contributed by atoms with Gasteiger partial charge >= 0.3 is 0 Å². The molecular formula is C19H21NO4S. The molecule has 3 rings (SSSR count). The average Bonchev–Trinajstić information content (AvgIpc) is 3.00. The van der Waals surface area contributed by atoms with Crippen LogP contribution in [0, 0.1) is 0 Å². The minimum atomic E-state index is -3.59. The zero-order valence-corrected chi connectivity index (χ0v) is 15.0. The van der Waals surface area contributed by atoms with Gasteiger partial charge in [0.15, 0.2) is 9.84 Å². The van der Waals surface area contributed by atoms with Crippen LogP contribution in [0.3, 0.4) is 0 Å². The Morgan fingerprint density at radius 3 is 2.64 bits per heavy atom. The Morgan fingerprint density at radius 2 is 1.84 bits per heavy atom. The fourth-order valence-corrected chi connectivity index (χ4v) is 4.42. The van der Waals surface area contributed by atoms with Gasteiger partial charge in [-0.3, -0.25) is 4.79 Å². The van der Waals surface area contributed by atoms with E-state index in [9.17, 15) is 13.2 Å². The van der Waals surface area contributed by atoms with Crippen molar-refractivity contribution in [2.75, 3.05) is 23.8 Å². The number of carbonyl (C=O) groups excluding carboxylic acids is 1. The van der Waals surface area contributed by atoms with Gasteiger partial charge in [0.2, 0.25) is 5.91 Å². The minimum Gasteiger partial charge on any atom is -0.494 e. The van der Waals surface area contributed by atoms with Gasteiger partial charge < -0.3 is 9.64 Å². The molecule has 6 heteroatoms. The number of rotatable bonds is 6. The SMILES string of the molecule is CCOc1ccccc1CS(=O)(=O)CC(=O)N1CCc2ccccc21. The van der Waals surface area contributed by atoms with Crippen molar-refractivity contribution in [1.29, 1.82) is 0 Å². The molecule has 0 saturated heterocycles. The van der Waals surface area contributed by atoms with Gasteiger partial charge in [-0.2, -0.15) is 0 Å². The molecule has 1 amide bonds. The van der Waals surface area contributed by atoms with Crippen LogP contribution in [0.15, 0.2) is 48.5 Å². The van der Waals surface area contributed by atoms with Crippen LogP contribution in [-0.4, -0.2) is 33.2 Å². The Kier molecular flexibility index (Phi) is 5.08. The first kappa shape index (κ1) is 17.5. The van der Waals surface area contributed by atoms with Crippen molar-refractivity contribution in [2.24, 2.45) is 0 Å². The van der Waals surface area contributed by atoms with E-state index in [0.717, 1.165) is 17.7 Å². The highest BCUT2D eigenvalue weighted by Crippen LogP contribution is 2.28. The molecule has 0 bridgehead atoms. The smallest absolute Gasteiger partial charge is 0.242 e. The van der Waals surface area contributed by atoms with Crippen molar-refractivity contribution in [3.8, 4) is 5.75 Å². The zero-order valence-electron chi connectivity index (χ0n) is 14.1. The van der Waals surface area contributed by atoms with Crippen molar-refractivity contribution in [3.63, 3.8) is 0 Å². The fraction of sp³-hybridized carbons (Fsp3) is 0.316. The van der Waals surface area contributed by atoms with Crippen LogP contribution < -0.4 is 9.64 Å². The predicted octanol–water partition coefficient (Wildman–Crippen LogP) is 2.59.